The average Bonchev–Trinajstić information content (AvgIpc) is 2.15. The molecule has 2 nitrogen and oxygen atoms in total. The predicted molar refractivity (Wildman–Crippen MR) is 52.2 cm³/mol. The summed E-state index contributed by atoms with van der Waals surface area (Å²) in [5.41, 5.74) is -0.792. The molecule has 0 N–H and O–H groups in total. The van der Waals surface area contributed by atoms with Crippen molar-refractivity contribution in [3.8, 4) is 11.5 Å². The van der Waals surface area contributed by atoms with Gasteiger partial charge in [-0.05, 0) is 28.1 Å². The van der Waals surface area contributed by atoms with Gasteiger partial charge in [-0.3, -0.25) is 0 Å². The number of halogens is 4. The van der Waals surface area contributed by atoms with E-state index in [4.69, 9.17) is 9.47 Å². The largest absolute Gasteiger partial charge is 0.493 e. The van der Waals surface area contributed by atoms with Gasteiger partial charge in [0.15, 0.2) is 11.5 Å². The number of hydrogen-bond acceptors (Lipinski definition) is 2. The van der Waals surface area contributed by atoms with Crippen LogP contribution in [0.3, 0.4) is 0 Å². The van der Waals surface area contributed by atoms with Crippen LogP contribution in [-0.4, -0.2) is 14.2 Å². The summed E-state index contributed by atoms with van der Waals surface area (Å²) in [4.78, 5) is 0. The molecule has 0 radical (unpaired) electrons. The van der Waals surface area contributed by atoms with Gasteiger partial charge in [0, 0.05) is 0 Å². The Labute approximate surface area is 93.1 Å². The van der Waals surface area contributed by atoms with E-state index >= 15 is 0 Å². The van der Waals surface area contributed by atoms with Crippen LogP contribution in [0.4, 0.5) is 13.2 Å². The summed E-state index contributed by atoms with van der Waals surface area (Å²) in [6.45, 7) is 0. The fraction of sp³-hybridized carbons (Fsp3) is 0.333. The Morgan fingerprint density at radius 2 is 1.73 bits per heavy atom. The van der Waals surface area contributed by atoms with Gasteiger partial charge in [0.1, 0.15) is 0 Å². The van der Waals surface area contributed by atoms with Crippen LogP contribution < -0.4 is 9.47 Å². The topological polar surface area (TPSA) is 18.5 Å². The standard InChI is InChI=1S/C9H8BrF3O2/c1-14-6-4-3-5(9(11,12)13)7(10)8(6)15-2/h3-4H,1-2H3. The first-order chi connectivity index (χ1) is 6.91. The average molecular weight is 285 g/mol. The van der Waals surface area contributed by atoms with Gasteiger partial charge in [0.2, 0.25) is 0 Å². The van der Waals surface area contributed by atoms with Crippen molar-refractivity contribution in [3.63, 3.8) is 0 Å². The normalized spacial score (nSPS) is 11.3. The molecule has 0 fully saturated rings. The van der Waals surface area contributed by atoms with Crippen LogP contribution in [0.1, 0.15) is 5.56 Å². The van der Waals surface area contributed by atoms with E-state index in [-0.39, 0.29) is 16.0 Å². The molecule has 0 amide bonds. The molecule has 15 heavy (non-hydrogen) atoms. The van der Waals surface area contributed by atoms with Crippen LogP contribution in [0, 0.1) is 0 Å². The third kappa shape index (κ3) is 2.37. The number of hydrogen-bond donors (Lipinski definition) is 0. The molecular formula is C9H8BrF3O2. The minimum absolute atomic E-state index is 0.0346. The van der Waals surface area contributed by atoms with E-state index in [1.807, 2.05) is 0 Å². The zero-order chi connectivity index (χ0) is 11.6. The molecular weight excluding hydrogens is 277 g/mol. The lowest BCUT2D eigenvalue weighted by atomic mass is 10.2. The van der Waals surface area contributed by atoms with Crippen LogP contribution >= 0.6 is 15.9 Å². The van der Waals surface area contributed by atoms with Crippen molar-refractivity contribution >= 4 is 15.9 Å². The lowest BCUT2D eigenvalue weighted by Crippen LogP contribution is -2.07. The Kier molecular flexibility index (Phi) is 3.49. The monoisotopic (exact) mass is 284 g/mol. The Balaban J connectivity index is 3.36. The van der Waals surface area contributed by atoms with Crippen LogP contribution in [0.25, 0.3) is 0 Å². The van der Waals surface area contributed by atoms with E-state index in [0.717, 1.165) is 6.07 Å². The lowest BCUT2D eigenvalue weighted by molar-refractivity contribution is -0.138. The van der Waals surface area contributed by atoms with Gasteiger partial charge in [0.05, 0.1) is 24.3 Å². The quantitative estimate of drug-likeness (QED) is 0.828. The first kappa shape index (κ1) is 12.2. The smallest absolute Gasteiger partial charge is 0.417 e. The Hall–Kier alpha value is -0.910. The summed E-state index contributed by atoms with van der Waals surface area (Å²) < 4.78 is 47.0. The maximum absolute atomic E-state index is 12.5. The molecule has 0 saturated carbocycles. The maximum Gasteiger partial charge on any atom is 0.417 e. The van der Waals surface area contributed by atoms with Crippen molar-refractivity contribution < 1.29 is 22.6 Å². The number of rotatable bonds is 2. The van der Waals surface area contributed by atoms with E-state index in [2.05, 4.69) is 15.9 Å². The van der Waals surface area contributed by atoms with Crippen molar-refractivity contribution in [2.75, 3.05) is 14.2 Å². The molecule has 0 heterocycles. The zero-order valence-electron chi connectivity index (χ0n) is 7.98. The molecule has 0 bridgehead atoms. The lowest BCUT2D eigenvalue weighted by Gasteiger charge is -2.14. The molecule has 1 aromatic carbocycles. The zero-order valence-corrected chi connectivity index (χ0v) is 9.57. The molecule has 0 unspecified atom stereocenters. The number of methoxy groups -OCH3 is 2. The van der Waals surface area contributed by atoms with Gasteiger partial charge in [-0.1, -0.05) is 0 Å². The summed E-state index contributed by atoms with van der Waals surface area (Å²) >= 11 is 2.84. The van der Waals surface area contributed by atoms with Crippen molar-refractivity contribution in [2.24, 2.45) is 0 Å². The Morgan fingerprint density at radius 3 is 2.13 bits per heavy atom. The van der Waals surface area contributed by atoms with E-state index in [1.165, 1.54) is 20.3 Å². The number of alkyl halides is 3. The predicted octanol–water partition coefficient (Wildman–Crippen LogP) is 3.49. The Bertz CT molecular complexity index is 363. The summed E-state index contributed by atoms with van der Waals surface area (Å²) in [6, 6.07) is 2.15. The van der Waals surface area contributed by atoms with Crippen LogP contribution in [0.15, 0.2) is 16.6 Å². The summed E-state index contributed by atoms with van der Waals surface area (Å²) in [6.07, 6.45) is -4.42. The molecule has 0 aliphatic carbocycles. The van der Waals surface area contributed by atoms with E-state index in [1.54, 1.807) is 0 Å². The summed E-state index contributed by atoms with van der Waals surface area (Å²) in [5.74, 6) is 0.282. The number of benzene rings is 1. The molecule has 1 aromatic rings. The molecule has 0 atom stereocenters. The van der Waals surface area contributed by atoms with Crippen molar-refractivity contribution in [2.45, 2.75) is 6.18 Å². The highest BCUT2D eigenvalue weighted by molar-refractivity contribution is 9.10. The van der Waals surface area contributed by atoms with Crippen molar-refractivity contribution in [3.05, 3.63) is 22.2 Å². The maximum atomic E-state index is 12.5. The molecule has 84 valence electrons. The minimum atomic E-state index is -4.42. The highest BCUT2D eigenvalue weighted by atomic mass is 79.9. The van der Waals surface area contributed by atoms with Crippen LogP contribution in [0.5, 0.6) is 11.5 Å². The molecule has 1 rings (SSSR count). The van der Waals surface area contributed by atoms with Crippen LogP contribution in [0.2, 0.25) is 0 Å². The second kappa shape index (κ2) is 4.30. The minimum Gasteiger partial charge on any atom is -0.493 e. The second-order valence-corrected chi connectivity index (χ2v) is 3.45. The third-order valence-electron chi connectivity index (χ3n) is 1.79. The first-order valence-electron chi connectivity index (χ1n) is 3.89. The van der Waals surface area contributed by atoms with E-state index in [9.17, 15) is 13.2 Å². The van der Waals surface area contributed by atoms with Crippen LogP contribution in [-0.2, 0) is 6.18 Å². The summed E-state index contributed by atoms with van der Waals surface area (Å²) in [7, 11) is 2.64. The third-order valence-corrected chi connectivity index (χ3v) is 2.58. The SMILES string of the molecule is COc1ccc(C(F)(F)F)c(Br)c1OC. The van der Waals surface area contributed by atoms with Gasteiger partial charge in [-0.2, -0.15) is 13.2 Å². The fourth-order valence-corrected chi connectivity index (χ4v) is 1.82. The highest BCUT2D eigenvalue weighted by Gasteiger charge is 2.35. The molecule has 0 aliphatic rings. The van der Waals surface area contributed by atoms with Gasteiger partial charge in [-0.15, -0.1) is 0 Å². The second-order valence-electron chi connectivity index (χ2n) is 2.66. The van der Waals surface area contributed by atoms with Gasteiger partial charge in [-0.25, -0.2) is 0 Å². The molecule has 6 heteroatoms. The number of ether oxygens (including phenoxy) is 2. The first-order valence-corrected chi connectivity index (χ1v) is 4.68. The Morgan fingerprint density at radius 1 is 1.13 bits per heavy atom. The molecule has 0 aliphatic heterocycles. The van der Waals surface area contributed by atoms with E-state index in [0.29, 0.717) is 0 Å². The van der Waals surface area contributed by atoms with Gasteiger partial charge in [0.25, 0.3) is 0 Å². The summed E-state index contributed by atoms with van der Waals surface area (Å²) in [5, 5.41) is 0. The molecule has 0 spiro atoms. The van der Waals surface area contributed by atoms with Crippen molar-refractivity contribution in [1.82, 2.24) is 0 Å². The molecule has 0 saturated heterocycles. The molecule has 0 aromatic heterocycles. The highest BCUT2D eigenvalue weighted by Crippen LogP contribution is 2.43. The fourth-order valence-electron chi connectivity index (χ4n) is 1.11. The van der Waals surface area contributed by atoms with E-state index < -0.39 is 11.7 Å². The van der Waals surface area contributed by atoms with Gasteiger partial charge >= 0.3 is 6.18 Å². The van der Waals surface area contributed by atoms with Gasteiger partial charge < -0.3 is 9.47 Å². The van der Waals surface area contributed by atoms with Crippen molar-refractivity contribution in [1.29, 1.82) is 0 Å².